The van der Waals surface area contributed by atoms with E-state index >= 15 is 0 Å². The average molecular weight is 271 g/mol. The van der Waals surface area contributed by atoms with Crippen LogP contribution in [0.15, 0.2) is 21.2 Å². The van der Waals surface area contributed by atoms with Crippen LogP contribution in [0, 0.1) is 11.8 Å². The topological polar surface area (TPSA) is 54.3 Å². The van der Waals surface area contributed by atoms with E-state index in [-0.39, 0.29) is 5.91 Å². The second kappa shape index (κ2) is 3.35. The molecule has 2 N–H and O–H groups in total. The Labute approximate surface area is 95.5 Å². The zero-order valence-electron chi connectivity index (χ0n) is 8.00. The maximum absolute atomic E-state index is 11.8. The highest BCUT2D eigenvalue weighted by Crippen LogP contribution is 2.41. The Balaban J connectivity index is 1.65. The number of hydrogen-bond acceptors (Lipinski definition) is 3. The number of fused-ring (bicyclic) bond motifs is 1. The van der Waals surface area contributed by atoms with Crippen molar-refractivity contribution in [2.24, 2.45) is 11.8 Å². The summed E-state index contributed by atoms with van der Waals surface area (Å²) in [6.45, 7) is 2.05. The predicted molar refractivity (Wildman–Crippen MR) is 57.5 cm³/mol. The number of nitrogens with one attached hydrogen (secondary N) is 2. The molecular weight excluding hydrogens is 260 g/mol. The molecular formula is C10H11BrN2O2. The molecule has 1 saturated carbocycles. The summed E-state index contributed by atoms with van der Waals surface area (Å²) in [4.78, 5) is 11.8. The molecule has 1 aromatic rings. The highest BCUT2D eigenvalue weighted by Gasteiger charge is 2.53. The second-order valence-electron chi connectivity index (χ2n) is 4.08. The highest BCUT2D eigenvalue weighted by atomic mass is 79.9. The minimum absolute atomic E-state index is 0.119. The lowest BCUT2D eigenvalue weighted by atomic mass is 10.3. The fourth-order valence-corrected chi connectivity index (χ4v) is 2.69. The lowest BCUT2D eigenvalue weighted by Gasteiger charge is -2.05. The Kier molecular flexibility index (Phi) is 2.10. The third kappa shape index (κ3) is 1.50. The smallest absolute Gasteiger partial charge is 0.288 e. The molecule has 2 fully saturated rings. The van der Waals surface area contributed by atoms with Gasteiger partial charge in [-0.2, -0.15) is 0 Å². The van der Waals surface area contributed by atoms with Crippen LogP contribution in [0.1, 0.15) is 10.6 Å². The molecule has 1 aliphatic heterocycles. The monoisotopic (exact) mass is 270 g/mol. The summed E-state index contributed by atoms with van der Waals surface area (Å²) in [5, 5.41) is 6.28. The fraction of sp³-hybridized carbons (Fsp3) is 0.500. The molecule has 2 atom stereocenters. The van der Waals surface area contributed by atoms with E-state index in [2.05, 4.69) is 26.6 Å². The molecule has 0 aromatic carbocycles. The minimum atomic E-state index is -0.119. The highest BCUT2D eigenvalue weighted by molar-refractivity contribution is 9.10. The summed E-state index contributed by atoms with van der Waals surface area (Å²) in [5.41, 5.74) is 0. The van der Waals surface area contributed by atoms with Crippen molar-refractivity contribution in [2.75, 3.05) is 13.1 Å². The number of furan rings is 1. The van der Waals surface area contributed by atoms with E-state index in [1.165, 1.54) is 6.26 Å². The van der Waals surface area contributed by atoms with E-state index in [0.717, 1.165) is 13.1 Å². The number of amides is 1. The molecule has 1 aromatic heterocycles. The van der Waals surface area contributed by atoms with Crippen molar-refractivity contribution < 1.29 is 9.21 Å². The van der Waals surface area contributed by atoms with Crippen molar-refractivity contribution in [1.29, 1.82) is 0 Å². The maximum Gasteiger partial charge on any atom is 0.288 e. The molecule has 0 spiro atoms. The van der Waals surface area contributed by atoms with E-state index in [4.69, 9.17) is 4.42 Å². The quantitative estimate of drug-likeness (QED) is 0.843. The van der Waals surface area contributed by atoms with Crippen LogP contribution in [-0.4, -0.2) is 25.0 Å². The van der Waals surface area contributed by atoms with Crippen LogP contribution in [0.25, 0.3) is 0 Å². The van der Waals surface area contributed by atoms with Gasteiger partial charge in [-0.05, 0) is 33.8 Å². The van der Waals surface area contributed by atoms with Crippen molar-refractivity contribution in [3.05, 3.63) is 22.6 Å². The molecule has 2 aliphatic rings. The summed E-state index contributed by atoms with van der Waals surface area (Å²) in [6, 6.07) is 2.07. The molecule has 1 saturated heterocycles. The largest absolute Gasteiger partial charge is 0.458 e. The van der Waals surface area contributed by atoms with Gasteiger partial charge in [0.1, 0.15) is 0 Å². The number of piperidine rings is 1. The standard InChI is InChI=1S/C10H11BrN2O2/c11-7-1-2-15-9(7)10(14)13-8-5-3-12-4-6(5)8/h1-2,5-6,8,12H,3-4H2,(H,13,14). The minimum Gasteiger partial charge on any atom is -0.458 e. The van der Waals surface area contributed by atoms with Gasteiger partial charge in [0.25, 0.3) is 5.91 Å². The van der Waals surface area contributed by atoms with Gasteiger partial charge in [0, 0.05) is 19.1 Å². The van der Waals surface area contributed by atoms with E-state index in [1.807, 2.05) is 0 Å². The number of hydrogen-bond donors (Lipinski definition) is 2. The number of halogens is 1. The molecule has 3 rings (SSSR count). The average Bonchev–Trinajstić information content (AvgIpc) is 2.66. The van der Waals surface area contributed by atoms with Crippen molar-refractivity contribution >= 4 is 21.8 Å². The molecule has 2 heterocycles. The molecule has 15 heavy (non-hydrogen) atoms. The Bertz CT molecular complexity index is 394. The zero-order valence-corrected chi connectivity index (χ0v) is 9.58. The van der Waals surface area contributed by atoms with Crippen LogP contribution < -0.4 is 10.6 Å². The Morgan fingerprint density at radius 3 is 2.87 bits per heavy atom. The summed E-state index contributed by atoms with van der Waals surface area (Å²) in [5.74, 6) is 1.50. The van der Waals surface area contributed by atoms with Crippen molar-refractivity contribution in [2.45, 2.75) is 6.04 Å². The van der Waals surface area contributed by atoms with Crippen LogP contribution in [0.5, 0.6) is 0 Å². The number of rotatable bonds is 2. The fourth-order valence-electron chi connectivity index (χ4n) is 2.31. The summed E-state index contributed by atoms with van der Waals surface area (Å²) >= 11 is 3.27. The van der Waals surface area contributed by atoms with Crippen LogP contribution in [-0.2, 0) is 0 Å². The van der Waals surface area contributed by atoms with Crippen LogP contribution >= 0.6 is 15.9 Å². The summed E-state index contributed by atoms with van der Waals surface area (Å²) in [6.07, 6.45) is 1.51. The third-order valence-electron chi connectivity index (χ3n) is 3.21. The van der Waals surface area contributed by atoms with E-state index < -0.39 is 0 Å². The molecule has 1 aliphatic carbocycles. The molecule has 4 nitrogen and oxygen atoms in total. The van der Waals surface area contributed by atoms with Crippen LogP contribution in [0.2, 0.25) is 0 Å². The van der Waals surface area contributed by atoms with Gasteiger partial charge in [-0.25, -0.2) is 0 Å². The van der Waals surface area contributed by atoms with Crippen molar-refractivity contribution in [3.8, 4) is 0 Å². The van der Waals surface area contributed by atoms with E-state index in [1.54, 1.807) is 6.07 Å². The lowest BCUT2D eigenvalue weighted by Crippen LogP contribution is -2.32. The first-order valence-electron chi connectivity index (χ1n) is 5.02. The van der Waals surface area contributed by atoms with Crippen LogP contribution in [0.4, 0.5) is 0 Å². The number of carbonyl (C=O) groups is 1. The van der Waals surface area contributed by atoms with Gasteiger partial charge in [-0.15, -0.1) is 0 Å². The normalized spacial score (nSPS) is 32.5. The molecule has 2 unspecified atom stereocenters. The lowest BCUT2D eigenvalue weighted by molar-refractivity contribution is 0.0917. The first kappa shape index (κ1) is 9.42. The van der Waals surface area contributed by atoms with Gasteiger partial charge in [0.05, 0.1) is 10.7 Å². The van der Waals surface area contributed by atoms with Gasteiger partial charge in [-0.1, -0.05) is 0 Å². The van der Waals surface area contributed by atoms with Crippen LogP contribution in [0.3, 0.4) is 0 Å². The molecule has 5 heteroatoms. The Hall–Kier alpha value is -0.810. The molecule has 0 bridgehead atoms. The third-order valence-corrected chi connectivity index (χ3v) is 3.84. The zero-order chi connectivity index (χ0) is 10.4. The molecule has 1 amide bonds. The van der Waals surface area contributed by atoms with E-state index in [9.17, 15) is 4.79 Å². The summed E-state index contributed by atoms with van der Waals surface area (Å²) in [7, 11) is 0. The van der Waals surface area contributed by atoms with E-state index in [0.29, 0.717) is 28.1 Å². The first-order valence-corrected chi connectivity index (χ1v) is 5.81. The number of carbonyl (C=O) groups excluding carboxylic acids is 1. The molecule has 80 valence electrons. The second-order valence-corrected chi connectivity index (χ2v) is 4.94. The molecule has 0 radical (unpaired) electrons. The van der Waals surface area contributed by atoms with Gasteiger partial charge < -0.3 is 15.1 Å². The summed E-state index contributed by atoms with van der Waals surface area (Å²) < 4.78 is 5.81. The first-order chi connectivity index (χ1) is 7.27. The SMILES string of the molecule is O=C(NC1C2CNCC21)c1occc1Br. The van der Waals surface area contributed by atoms with Gasteiger partial charge in [-0.3, -0.25) is 4.79 Å². The van der Waals surface area contributed by atoms with Crippen molar-refractivity contribution in [1.82, 2.24) is 10.6 Å². The predicted octanol–water partition coefficient (Wildman–Crippen LogP) is 0.990. The van der Waals surface area contributed by atoms with Gasteiger partial charge >= 0.3 is 0 Å². The maximum atomic E-state index is 11.8. The van der Waals surface area contributed by atoms with Gasteiger partial charge in [0.2, 0.25) is 5.76 Å². The van der Waals surface area contributed by atoms with Crippen molar-refractivity contribution in [3.63, 3.8) is 0 Å². The van der Waals surface area contributed by atoms with Gasteiger partial charge in [0.15, 0.2) is 0 Å². The Morgan fingerprint density at radius 2 is 2.27 bits per heavy atom. The Morgan fingerprint density at radius 1 is 1.53 bits per heavy atom.